The molecule has 0 spiro atoms. The fourth-order valence-corrected chi connectivity index (χ4v) is 3.68. The van der Waals surface area contributed by atoms with Gasteiger partial charge in [0.25, 0.3) is 5.91 Å². The highest BCUT2D eigenvalue weighted by atomic mass is 16.5. The average Bonchev–Trinajstić information content (AvgIpc) is 3.34. The summed E-state index contributed by atoms with van der Waals surface area (Å²) >= 11 is 0. The van der Waals surface area contributed by atoms with Crippen LogP contribution in [-0.2, 0) is 16.1 Å². The third-order valence-corrected chi connectivity index (χ3v) is 5.44. The second kappa shape index (κ2) is 9.63. The van der Waals surface area contributed by atoms with Gasteiger partial charge in [-0.1, -0.05) is 30.3 Å². The van der Waals surface area contributed by atoms with Crippen molar-refractivity contribution in [2.45, 2.75) is 25.6 Å². The molecule has 2 aliphatic rings. The molecule has 2 aliphatic heterocycles. The number of carbonyl (C=O) groups is 2. The molecular weight excluding hydrogens is 382 g/mol. The van der Waals surface area contributed by atoms with E-state index in [1.165, 1.54) is 0 Å². The van der Waals surface area contributed by atoms with Crippen molar-refractivity contribution >= 4 is 17.6 Å². The van der Waals surface area contributed by atoms with Crippen molar-refractivity contribution in [1.29, 1.82) is 0 Å². The summed E-state index contributed by atoms with van der Waals surface area (Å²) in [6, 6.07) is 17.2. The summed E-state index contributed by atoms with van der Waals surface area (Å²) in [5.74, 6) is 0.803. The number of piperazine rings is 1. The molecule has 2 aromatic rings. The zero-order valence-corrected chi connectivity index (χ0v) is 17.0. The highest BCUT2D eigenvalue weighted by Crippen LogP contribution is 2.19. The van der Waals surface area contributed by atoms with Gasteiger partial charge in [-0.15, -0.1) is 0 Å². The Morgan fingerprint density at radius 3 is 2.33 bits per heavy atom. The number of nitrogens with zero attached hydrogens (tertiary/aromatic N) is 2. The van der Waals surface area contributed by atoms with E-state index in [1.54, 1.807) is 9.80 Å². The summed E-state index contributed by atoms with van der Waals surface area (Å²) in [6.07, 6.45) is 1.44. The van der Waals surface area contributed by atoms with Crippen LogP contribution in [-0.4, -0.2) is 60.6 Å². The first-order valence-corrected chi connectivity index (χ1v) is 10.4. The van der Waals surface area contributed by atoms with Crippen LogP contribution in [0.3, 0.4) is 0 Å². The maximum Gasteiger partial charge on any atom is 0.321 e. The molecule has 30 heavy (non-hydrogen) atoms. The van der Waals surface area contributed by atoms with Gasteiger partial charge in [0.2, 0.25) is 0 Å². The van der Waals surface area contributed by atoms with Gasteiger partial charge in [-0.05, 0) is 42.7 Å². The maximum atomic E-state index is 12.6. The predicted octanol–water partition coefficient (Wildman–Crippen LogP) is 3.12. The second-order valence-corrected chi connectivity index (χ2v) is 7.54. The number of nitrogens with one attached hydrogen (secondary N) is 1. The van der Waals surface area contributed by atoms with Gasteiger partial charge in [0.15, 0.2) is 0 Å². The molecule has 2 aromatic carbocycles. The molecule has 7 heteroatoms. The van der Waals surface area contributed by atoms with E-state index in [1.807, 2.05) is 54.6 Å². The van der Waals surface area contributed by atoms with Gasteiger partial charge in [-0.2, -0.15) is 0 Å². The minimum atomic E-state index is -0.298. The van der Waals surface area contributed by atoms with Gasteiger partial charge in [-0.25, -0.2) is 4.79 Å². The summed E-state index contributed by atoms with van der Waals surface area (Å²) in [7, 11) is 0. The van der Waals surface area contributed by atoms with Crippen molar-refractivity contribution in [3.8, 4) is 5.75 Å². The highest BCUT2D eigenvalue weighted by Gasteiger charge is 2.31. The monoisotopic (exact) mass is 409 g/mol. The minimum absolute atomic E-state index is 0.0543. The van der Waals surface area contributed by atoms with Crippen LogP contribution in [0.1, 0.15) is 18.4 Å². The van der Waals surface area contributed by atoms with Crippen molar-refractivity contribution in [3.05, 3.63) is 60.2 Å². The molecule has 7 nitrogen and oxygen atoms in total. The maximum absolute atomic E-state index is 12.6. The molecule has 4 rings (SSSR count). The Morgan fingerprint density at radius 2 is 1.67 bits per heavy atom. The number of hydrogen-bond acceptors (Lipinski definition) is 4. The molecule has 2 heterocycles. The topological polar surface area (TPSA) is 71.1 Å². The molecule has 0 unspecified atom stereocenters. The van der Waals surface area contributed by atoms with E-state index in [2.05, 4.69) is 5.32 Å². The smallest absolute Gasteiger partial charge is 0.321 e. The number of urea groups is 1. The number of rotatable bonds is 5. The number of ether oxygens (including phenoxy) is 2. The standard InChI is InChI=1S/C23H27N3O4/c27-22(21-7-4-16-29-21)25-12-14-26(15-13-25)23(28)24-19-8-10-20(11-9-19)30-17-18-5-2-1-3-6-18/h1-3,5-6,8-11,21H,4,7,12-17H2,(H,24,28)/t21-/m1/s1. The molecular formula is C23H27N3O4. The van der Waals surface area contributed by atoms with Gasteiger partial charge in [-0.3, -0.25) is 4.79 Å². The largest absolute Gasteiger partial charge is 0.489 e. The van der Waals surface area contributed by atoms with Crippen LogP contribution in [0.2, 0.25) is 0 Å². The molecule has 2 fully saturated rings. The first kappa shape index (κ1) is 20.2. The summed E-state index contributed by atoms with van der Waals surface area (Å²) in [5, 5.41) is 2.92. The molecule has 158 valence electrons. The number of carbonyl (C=O) groups excluding carboxylic acids is 2. The molecule has 3 amide bonds. The SMILES string of the molecule is O=C(Nc1ccc(OCc2ccccc2)cc1)N1CCN(C(=O)[C@H]2CCCO2)CC1. The van der Waals surface area contributed by atoms with E-state index >= 15 is 0 Å². The van der Waals surface area contributed by atoms with Gasteiger partial charge >= 0.3 is 6.03 Å². The molecule has 0 aliphatic carbocycles. The summed E-state index contributed by atoms with van der Waals surface area (Å²) in [6.45, 7) is 3.28. The quantitative estimate of drug-likeness (QED) is 0.824. The lowest BCUT2D eigenvalue weighted by molar-refractivity contribution is -0.142. The van der Waals surface area contributed by atoms with Crippen LogP contribution >= 0.6 is 0 Å². The molecule has 0 saturated carbocycles. The molecule has 0 aromatic heterocycles. The van der Waals surface area contributed by atoms with Gasteiger partial charge in [0.05, 0.1) is 0 Å². The van der Waals surface area contributed by atoms with Crippen molar-refractivity contribution in [1.82, 2.24) is 9.80 Å². The van der Waals surface area contributed by atoms with Crippen LogP contribution in [0.4, 0.5) is 10.5 Å². The lowest BCUT2D eigenvalue weighted by Crippen LogP contribution is -2.53. The van der Waals surface area contributed by atoms with Crippen molar-refractivity contribution < 1.29 is 19.1 Å². The summed E-state index contributed by atoms with van der Waals surface area (Å²) in [4.78, 5) is 28.5. The van der Waals surface area contributed by atoms with Crippen LogP contribution in [0.5, 0.6) is 5.75 Å². The van der Waals surface area contributed by atoms with Gasteiger partial charge in [0.1, 0.15) is 18.5 Å². The summed E-state index contributed by atoms with van der Waals surface area (Å²) in [5.41, 5.74) is 1.82. The van der Waals surface area contributed by atoms with Crippen LogP contribution in [0.25, 0.3) is 0 Å². The fourth-order valence-electron chi connectivity index (χ4n) is 3.68. The van der Waals surface area contributed by atoms with E-state index in [0.717, 1.165) is 24.2 Å². The zero-order chi connectivity index (χ0) is 20.8. The number of benzene rings is 2. The van der Waals surface area contributed by atoms with E-state index in [-0.39, 0.29) is 18.0 Å². The van der Waals surface area contributed by atoms with E-state index in [0.29, 0.717) is 45.1 Å². The molecule has 0 bridgehead atoms. The van der Waals surface area contributed by atoms with Crippen molar-refractivity contribution in [2.75, 3.05) is 38.1 Å². The average molecular weight is 409 g/mol. The third-order valence-electron chi connectivity index (χ3n) is 5.44. The Kier molecular flexibility index (Phi) is 6.49. The van der Waals surface area contributed by atoms with E-state index in [4.69, 9.17) is 9.47 Å². The minimum Gasteiger partial charge on any atom is -0.489 e. The van der Waals surface area contributed by atoms with Crippen LogP contribution < -0.4 is 10.1 Å². The fraction of sp³-hybridized carbons (Fsp3) is 0.391. The Hall–Kier alpha value is -3.06. The first-order chi connectivity index (χ1) is 14.7. The number of amides is 3. The Labute approximate surface area is 176 Å². The summed E-state index contributed by atoms with van der Waals surface area (Å²) < 4.78 is 11.3. The Bertz CT molecular complexity index is 843. The van der Waals surface area contributed by atoms with Crippen molar-refractivity contribution in [2.24, 2.45) is 0 Å². The Morgan fingerprint density at radius 1 is 0.967 bits per heavy atom. The second-order valence-electron chi connectivity index (χ2n) is 7.54. The Balaban J connectivity index is 1.22. The molecule has 1 atom stereocenters. The van der Waals surface area contributed by atoms with Crippen LogP contribution in [0.15, 0.2) is 54.6 Å². The lowest BCUT2D eigenvalue weighted by Gasteiger charge is -2.35. The molecule has 0 radical (unpaired) electrons. The third kappa shape index (κ3) is 5.10. The predicted molar refractivity (Wildman–Crippen MR) is 113 cm³/mol. The number of anilines is 1. The zero-order valence-electron chi connectivity index (χ0n) is 17.0. The lowest BCUT2D eigenvalue weighted by atomic mass is 10.2. The molecule has 2 saturated heterocycles. The van der Waals surface area contributed by atoms with E-state index in [9.17, 15) is 9.59 Å². The van der Waals surface area contributed by atoms with Gasteiger partial charge < -0.3 is 24.6 Å². The van der Waals surface area contributed by atoms with E-state index < -0.39 is 0 Å². The van der Waals surface area contributed by atoms with Crippen LogP contribution in [0, 0.1) is 0 Å². The van der Waals surface area contributed by atoms with Crippen molar-refractivity contribution in [3.63, 3.8) is 0 Å². The first-order valence-electron chi connectivity index (χ1n) is 10.4. The molecule has 1 N–H and O–H groups in total. The normalized spacial score (nSPS) is 18.9. The van der Waals surface area contributed by atoms with Gasteiger partial charge in [0, 0.05) is 38.5 Å². The number of hydrogen-bond donors (Lipinski definition) is 1. The highest BCUT2D eigenvalue weighted by molar-refractivity contribution is 5.89.